The van der Waals surface area contributed by atoms with Crippen LogP contribution in [0.15, 0.2) is 47.4 Å². The molecule has 1 fully saturated rings. The summed E-state index contributed by atoms with van der Waals surface area (Å²) in [7, 11) is -3.45. The van der Waals surface area contributed by atoms with Gasteiger partial charge < -0.3 is 5.11 Å². The smallest absolute Gasteiger partial charge is 0.243 e. The number of halogens is 1. The van der Waals surface area contributed by atoms with E-state index in [4.69, 9.17) is 11.6 Å². The maximum absolute atomic E-state index is 12.6. The van der Waals surface area contributed by atoms with Crippen LogP contribution < -0.4 is 0 Å². The van der Waals surface area contributed by atoms with Gasteiger partial charge >= 0.3 is 0 Å². The molecule has 1 saturated heterocycles. The third-order valence-corrected chi connectivity index (χ3v) is 5.87. The summed E-state index contributed by atoms with van der Waals surface area (Å²) in [6, 6.07) is 11.4. The van der Waals surface area contributed by atoms with Gasteiger partial charge in [0, 0.05) is 18.1 Å². The summed E-state index contributed by atoms with van der Waals surface area (Å²) in [5.74, 6) is 0.0512. The van der Waals surface area contributed by atoms with E-state index in [0.29, 0.717) is 29.2 Å². The van der Waals surface area contributed by atoms with Crippen molar-refractivity contribution < 1.29 is 13.5 Å². The highest BCUT2D eigenvalue weighted by atomic mass is 35.5. The van der Waals surface area contributed by atoms with Crippen LogP contribution in [0.5, 0.6) is 5.75 Å². The molecule has 3 rings (SSSR count). The van der Waals surface area contributed by atoms with Crippen molar-refractivity contribution in [2.45, 2.75) is 17.7 Å². The van der Waals surface area contributed by atoms with Crippen molar-refractivity contribution in [3.8, 4) is 16.9 Å². The minimum atomic E-state index is -3.45. The lowest BCUT2D eigenvalue weighted by Gasteiger charge is -2.16. The largest absolute Gasteiger partial charge is 0.508 e. The first-order valence-electron chi connectivity index (χ1n) is 7.07. The average Bonchev–Trinajstić information content (AvgIpc) is 3.01. The molecule has 0 unspecified atom stereocenters. The Kier molecular flexibility index (Phi) is 4.12. The maximum Gasteiger partial charge on any atom is 0.243 e. The molecule has 22 heavy (non-hydrogen) atoms. The highest BCUT2D eigenvalue weighted by Crippen LogP contribution is 2.30. The quantitative estimate of drug-likeness (QED) is 0.932. The van der Waals surface area contributed by atoms with Crippen LogP contribution in [0.2, 0.25) is 5.02 Å². The molecular weight excluding hydrogens is 322 g/mol. The molecule has 2 aromatic carbocycles. The normalized spacial score (nSPS) is 16.0. The summed E-state index contributed by atoms with van der Waals surface area (Å²) in [6.07, 6.45) is 1.81. The SMILES string of the molecule is O=S(=O)(c1cccc(-c2cc(O)cc(Cl)c2)c1)N1CCCC1. The molecule has 1 aliphatic rings. The number of nitrogens with zero attached hydrogens (tertiary/aromatic N) is 1. The fourth-order valence-corrected chi connectivity index (χ4v) is 4.45. The fourth-order valence-electron chi connectivity index (χ4n) is 2.65. The van der Waals surface area contributed by atoms with Crippen LogP contribution in [-0.2, 0) is 10.0 Å². The van der Waals surface area contributed by atoms with Gasteiger partial charge in [-0.3, -0.25) is 0 Å². The average molecular weight is 338 g/mol. The van der Waals surface area contributed by atoms with Crippen molar-refractivity contribution in [2.24, 2.45) is 0 Å². The number of phenols is 1. The van der Waals surface area contributed by atoms with E-state index in [0.717, 1.165) is 12.8 Å². The first-order valence-corrected chi connectivity index (χ1v) is 8.89. The van der Waals surface area contributed by atoms with E-state index < -0.39 is 10.0 Å². The van der Waals surface area contributed by atoms with Gasteiger partial charge in [0.15, 0.2) is 0 Å². The Labute approximate surface area is 135 Å². The van der Waals surface area contributed by atoms with Crippen LogP contribution in [0.25, 0.3) is 11.1 Å². The van der Waals surface area contributed by atoms with Gasteiger partial charge in [0.25, 0.3) is 0 Å². The van der Waals surface area contributed by atoms with E-state index in [2.05, 4.69) is 0 Å². The number of rotatable bonds is 3. The molecule has 0 saturated carbocycles. The van der Waals surface area contributed by atoms with E-state index in [9.17, 15) is 13.5 Å². The topological polar surface area (TPSA) is 57.6 Å². The molecule has 2 aromatic rings. The Morgan fingerprint density at radius 2 is 1.73 bits per heavy atom. The Hall–Kier alpha value is -1.56. The van der Waals surface area contributed by atoms with Crippen molar-refractivity contribution in [3.63, 3.8) is 0 Å². The van der Waals surface area contributed by atoms with Crippen molar-refractivity contribution in [3.05, 3.63) is 47.5 Å². The third kappa shape index (κ3) is 2.97. The van der Waals surface area contributed by atoms with Gasteiger partial charge in [0.05, 0.1) is 4.90 Å². The Balaban J connectivity index is 2.02. The van der Waals surface area contributed by atoms with E-state index >= 15 is 0 Å². The van der Waals surface area contributed by atoms with Crippen molar-refractivity contribution in [2.75, 3.05) is 13.1 Å². The van der Waals surface area contributed by atoms with Crippen LogP contribution in [0, 0.1) is 0 Å². The maximum atomic E-state index is 12.6. The van der Waals surface area contributed by atoms with Gasteiger partial charge in [-0.25, -0.2) is 8.42 Å². The lowest BCUT2D eigenvalue weighted by atomic mass is 10.1. The zero-order valence-electron chi connectivity index (χ0n) is 11.9. The lowest BCUT2D eigenvalue weighted by molar-refractivity contribution is 0.475. The van der Waals surface area contributed by atoms with Gasteiger partial charge in [-0.15, -0.1) is 0 Å². The zero-order chi connectivity index (χ0) is 15.7. The minimum absolute atomic E-state index is 0.0512. The number of aromatic hydroxyl groups is 1. The molecule has 0 spiro atoms. The standard InChI is InChI=1S/C16H16ClNO3S/c17-14-8-13(9-15(19)11-14)12-4-3-5-16(10-12)22(20,21)18-6-1-2-7-18/h3-5,8-11,19H,1-2,6-7H2. The van der Waals surface area contributed by atoms with Gasteiger partial charge in [0.2, 0.25) is 10.0 Å². The number of hydrogen-bond donors (Lipinski definition) is 1. The van der Waals surface area contributed by atoms with E-state index in [1.807, 2.05) is 0 Å². The lowest BCUT2D eigenvalue weighted by Crippen LogP contribution is -2.27. The van der Waals surface area contributed by atoms with Crippen LogP contribution in [0.1, 0.15) is 12.8 Å². The molecule has 0 aromatic heterocycles. The fraction of sp³-hybridized carbons (Fsp3) is 0.250. The van der Waals surface area contributed by atoms with Crippen LogP contribution in [-0.4, -0.2) is 30.9 Å². The Bertz CT molecular complexity index is 779. The highest BCUT2D eigenvalue weighted by Gasteiger charge is 2.27. The second-order valence-electron chi connectivity index (χ2n) is 5.34. The van der Waals surface area contributed by atoms with Gasteiger partial charge in [-0.2, -0.15) is 4.31 Å². The molecule has 0 amide bonds. The monoisotopic (exact) mass is 337 g/mol. The molecule has 1 aliphatic heterocycles. The van der Waals surface area contributed by atoms with Gasteiger partial charge in [-0.05, 0) is 54.3 Å². The summed E-state index contributed by atoms with van der Waals surface area (Å²) in [5.41, 5.74) is 1.39. The van der Waals surface area contributed by atoms with Crippen LogP contribution in [0.4, 0.5) is 0 Å². The molecule has 116 valence electrons. The van der Waals surface area contributed by atoms with E-state index in [1.54, 1.807) is 36.4 Å². The summed E-state index contributed by atoms with van der Waals surface area (Å²) < 4.78 is 26.7. The van der Waals surface area contributed by atoms with Gasteiger partial charge in [-0.1, -0.05) is 23.7 Å². The molecule has 4 nitrogen and oxygen atoms in total. The third-order valence-electron chi connectivity index (χ3n) is 3.75. The number of hydrogen-bond acceptors (Lipinski definition) is 3. The predicted octanol–water partition coefficient (Wildman–Crippen LogP) is 3.50. The second-order valence-corrected chi connectivity index (χ2v) is 7.71. The molecule has 0 atom stereocenters. The predicted molar refractivity (Wildman–Crippen MR) is 86.5 cm³/mol. The van der Waals surface area contributed by atoms with E-state index in [1.165, 1.54) is 10.4 Å². The zero-order valence-corrected chi connectivity index (χ0v) is 13.4. The first kappa shape index (κ1) is 15.3. The molecule has 0 bridgehead atoms. The van der Waals surface area contributed by atoms with E-state index in [-0.39, 0.29) is 10.6 Å². The molecule has 0 radical (unpaired) electrons. The highest BCUT2D eigenvalue weighted by molar-refractivity contribution is 7.89. The molecular formula is C16H16ClNO3S. The molecule has 0 aliphatic carbocycles. The van der Waals surface area contributed by atoms with Crippen LogP contribution >= 0.6 is 11.6 Å². The summed E-state index contributed by atoms with van der Waals surface area (Å²) >= 11 is 5.95. The Morgan fingerprint density at radius 3 is 2.41 bits per heavy atom. The first-order chi connectivity index (χ1) is 10.5. The second kappa shape index (κ2) is 5.91. The summed E-state index contributed by atoms with van der Waals surface area (Å²) in [4.78, 5) is 0.270. The molecule has 1 heterocycles. The molecule has 6 heteroatoms. The molecule has 1 N–H and O–H groups in total. The van der Waals surface area contributed by atoms with Crippen LogP contribution in [0.3, 0.4) is 0 Å². The van der Waals surface area contributed by atoms with Crippen molar-refractivity contribution in [1.82, 2.24) is 4.31 Å². The summed E-state index contributed by atoms with van der Waals surface area (Å²) in [5, 5.41) is 10.1. The van der Waals surface area contributed by atoms with Crippen molar-refractivity contribution in [1.29, 1.82) is 0 Å². The number of benzene rings is 2. The van der Waals surface area contributed by atoms with Gasteiger partial charge in [0.1, 0.15) is 5.75 Å². The minimum Gasteiger partial charge on any atom is -0.508 e. The summed E-state index contributed by atoms with van der Waals surface area (Å²) in [6.45, 7) is 1.15. The Morgan fingerprint density at radius 1 is 1.00 bits per heavy atom. The number of sulfonamides is 1. The van der Waals surface area contributed by atoms with Crippen molar-refractivity contribution >= 4 is 21.6 Å². The number of phenolic OH excluding ortho intramolecular Hbond substituents is 1.